The van der Waals surface area contributed by atoms with E-state index in [0.29, 0.717) is 12.6 Å². The Morgan fingerprint density at radius 1 is 1.45 bits per heavy atom. The number of aromatic hydroxyl groups is 1. The van der Waals surface area contributed by atoms with Crippen molar-refractivity contribution < 1.29 is 9.50 Å². The van der Waals surface area contributed by atoms with Crippen molar-refractivity contribution in [2.75, 3.05) is 12.8 Å². The molecular weight excluding hydrogens is 301 g/mol. The monoisotopic (exact) mass is 325 g/mol. The molecule has 1 aromatic carbocycles. The van der Waals surface area contributed by atoms with Crippen LogP contribution in [0.3, 0.4) is 0 Å². The zero-order valence-corrected chi connectivity index (χ0v) is 13.9. The molecule has 0 aliphatic heterocycles. The molecule has 0 spiro atoms. The molecule has 0 amide bonds. The fourth-order valence-corrected chi connectivity index (χ4v) is 3.41. The highest BCUT2D eigenvalue weighted by Crippen LogP contribution is 2.28. The number of guanidine groups is 1. The van der Waals surface area contributed by atoms with E-state index in [1.165, 1.54) is 18.6 Å². The number of rotatable bonds is 5. The van der Waals surface area contributed by atoms with Gasteiger partial charge in [-0.05, 0) is 50.1 Å². The molecule has 1 saturated carbocycles. The Morgan fingerprint density at radius 2 is 2.27 bits per heavy atom. The summed E-state index contributed by atoms with van der Waals surface area (Å²) in [7, 11) is 0. The first kappa shape index (κ1) is 16.9. The van der Waals surface area contributed by atoms with Crippen LogP contribution in [-0.2, 0) is 6.54 Å². The normalized spacial score (nSPS) is 21.9. The average molecular weight is 325 g/mol. The van der Waals surface area contributed by atoms with E-state index in [9.17, 15) is 9.50 Å². The molecule has 1 fully saturated rings. The van der Waals surface area contributed by atoms with Gasteiger partial charge in [0.15, 0.2) is 17.5 Å². The van der Waals surface area contributed by atoms with Crippen LogP contribution in [0.25, 0.3) is 0 Å². The first-order valence-corrected chi connectivity index (χ1v) is 8.96. The Kier molecular flexibility index (Phi) is 6.36. The van der Waals surface area contributed by atoms with E-state index in [1.54, 1.807) is 6.07 Å². The molecule has 3 N–H and O–H groups in total. The maximum atomic E-state index is 13.3. The number of halogens is 1. The van der Waals surface area contributed by atoms with Crippen molar-refractivity contribution in [3.63, 3.8) is 0 Å². The first-order chi connectivity index (χ1) is 10.6. The van der Waals surface area contributed by atoms with Crippen molar-refractivity contribution in [3.05, 3.63) is 29.6 Å². The minimum absolute atomic E-state index is 0.327. The lowest BCUT2D eigenvalue weighted by Gasteiger charge is -2.17. The fourth-order valence-electron chi connectivity index (χ4n) is 2.62. The van der Waals surface area contributed by atoms with Crippen molar-refractivity contribution in [3.8, 4) is 5.75 Å². The van der Waals surface area contributed by atoms with Gasteiger partial charge in [0.1, 0.15) is 0 Å². The summed E-state index contributed by atoms with van der Waals surface area (Å²) < 4.78 is 13.3. The summed E-state index contributed by atoms with van der Waals surface area (Å²) in [5, 5.41) is 16.6. The topological polar surface area (TPSA) is 56.7 Å². The van der Waals surface area contributed by atoms with Gasteiger partial charge in [0.2, 0.25) is 0 Å². The molecule has 2 rings (SSSR count). The van der Waals surface area contributed by atoms with Gasteiger partial charge in [0, 0.05) is 17.8 Å². The number of phenols is 1. The summed E-state index contributed by atoms with van der Waals surface area (Å²) in [6.07, 6.45) is 5.70. The number of hydrogen-bond donors (Lipinski definition) is 3. The molecule has 4 nitrogen and oxygen atoms in total. The molecule has 0 saturated heterocycles. The molecular formula is C16H24FN3OS. The van der Waals surface area contributed by atoms with Gasteiger partial charge in [-0.2, -0.15) is 11.8 Å². The van der Waals surface area contributed by atoms with Gasteiger partial charge in [0.25, 0.3) is 0 Å². The third-order valence-electron chi connectivity index (χ3n) is 3.83. The minimum Gasteiger partial charge on any atom is -0.505 e. The Balaban J connectivity index is 1.96. The van der Waals surface area contributed by atoms with Gasteiger partial charge < -0.3 is 15.7 Å². The second kappa shape index (κ2) is 8.27. The quantitative estimate of drug-likeness (QED) is 0.575. The Morgan fingerprint density at radius 3 is 2.91 bits per heavy atom. The molecule has 2 unspecified atom stereocenters. The van der Waals surface area contributed by atoms with Crippen molar-refractivity contribution in [1.29, 1.82) is 0 Å². The summed E-state index contributed by atoms with van der Waals surface area (Å²) in [5.41, 5.74) is 0.737. The van der Waals surface area contributed by atoms with Crippen LogP contribution in [0, 0.1) is 5.82 Å². The fraction of sp³-hybridized carbons (Fsp3) is 0.562. The van der Waals surface area contributed by atoms with Crippen LogP contribution in [0.2, 0.25) is 0 Å². The average Bonchev–Trinajstić information content (AvgIpc) is 2.96. The van der Waals surface area contributed by atoms with Crippen LogP contribution >= 0.6 is 11.8 Å². The molecule has 0 aromatic heterocycles. The minimum atomic E-state index is -0.607. The van der Waals surface area contributed by atoms with E-state index in [1.807, 2.05) is 18.7 Å². The molecule has 1 aromatic rings. The van der Waals surface area contributed by atoms with Crippen molar-refractivity contribution in [1.82, 2.24) is 10.6 Å². The van der Waals surface area contributed by atoms with E-state index in [2.05, 4.69) is 21.9 Å². The first-order valence-electron chi connectivity index (χ1n) is 7.67. The SMILES string of the molecule is CCNC(=NCc1ccc(O)c(F)c1)NC1CCC(SC)C1. The Hall–Kier alpha value is -1.43. The molecule has 2 atom stereocenters. The molecule has 1 aliphatic rings. The standard InChI is InChI=1S/C16H24FN3OS/c1-3-18-16(20-12-5-6-13(9-12)22-2)19-10-11-4-7-15(21)14(17)8-11/h4,7-8,12-13,21H,3,5-6,9-10H2,1-2H3,(H2,18,19,20). The van der Waals surface area contributed by atoms with Crippen LogP contribution in [0.15, 0.2) is 23.2 Å². The van der Waals surface area contributed by atoms with Gasteiger partial charge in [-0.1, -0.05) is 6.07 Å². The smallest absolute Gasteiger partial charge is 0.191 e. The van der Waals surface area contributed by atoms with Crippen molar-refractivity contribution >= 4 is 17.7 Å². The van der Waals surface area contributed by atoms with Gasteiger partial charge >= 0.3 is 0 Å². The molecule has 22 heavy (non-hydrogen) atoms. The highest BCUT2D eigenvalue weighted by molar-refractivity contribution is 7.99. The summed E-state index contributed by atoms with van der Waals surface area (Å²) in [4.78, 5) is 4.51. The third kappa shape index (κ3) is 4.80. The van der Waals surface area contributed by atoms with E-state index < -0.39 is 5.82 Å². The Labute approximate surface area is 135 Å². The molecule has 0 bridgehead atoms. The number of thioether (sulfide) groups is 1. The lowest BCUT2D eigenvalue weighted by molar-refractivity contribution is 0.432. The number of benzene rings is 1. The molecule has 6 heteroatoms. The van der Waals surface area contributed by atoms with E-state index in [4.69, 9.17) is 0 Å². The third-order valence-corrected chi connectivity index (χ3v) is 4.93. The van der Waals surface area contributed by atoms with Crippen LogP contribution in [-0.4, -0.2) is 35.2 Å². The van der Waals surface area contributed by atoms with Crippen LogP contribution in [0.5, 0.6) is 5.75 Å². The van der Waals surface area contributed by atoms with Gasteiger partial charge in [-0.15, -0.1) is 0 Å². The summed E-state index contributed by atoms with van der Waals surface area (Å²) in [6.45, 7) is 3.19. The summed E-state index contributed by atoms with van der Waals surface area (Å²) in [5.74, 6) is -0.168. The largest absolute Gasteiger partial charge is 0.505 e. The zero-order valence-electron chi connectivity index (χ0n) is 13.1. The Bertz CT molecular complexity index is 524. The van der Waals surface area contributed by atoms with Crippen molar-refractivity contribution in [2.45, 2.75) is 44.0 Å². The number of hydrogen-bond acceptors (Lipinski definition) is 3. The predicted molar refractivity (Wildman–Crippen MR) is 91.0 cm³/mol. The van der Waals surface area contributed by atoms with Crippen LogP contribution < -0.4 is 10.6 Å². The van der Waals surface area contributed by atoms with Gasteiger partial charge in [-0.25, -0.2) is 9.38 Å². The highest BCUT2D eigenvalue weighted by atomic mass is 32.2. The highest BCUT2D eigenvalue weighted by Gasteiger charge is 2.24. The number of nitrogens with zero attached hydrogens (tertiary/aromatic N) is 1. The van der Waals surface area contributed by atoms with Crippen LogP contribution in [0.1, 0.15) is 31.7 Å². The van der Waals surface area contributed by atoms with Crippen molar-refractivity contribution in [2.24, 2.45) is 4.99 Å². The molecule has 122 valence electrons. The second-order valence-corrected chi connectivity index (χ2v) is 6.63. The number of nitrogens with one attached hydrogen (secondary N) is 2. The van der Waals surface area contributed by atoms with E-state index in [0.717, 1.165) is 36.2 Å². The van der Waals surface area contributed by atoms with E-state index in [-0.39, 0.29) is 5.75 Å². The predicted octanol–water partition coefficient (Wildman–Crippen LogP) is 2.87. The second-order valence-electron chi connectivity index (χ2n) is 5.49. The summed E-state index contributed by atoms with van der Waals surface area (Å²) >= 11 is 1.92. The molecule has 1 aliphatic carbocycles. The molecule has 0 heterocycles. The number of aliphatic imine (C=N–C) groups is 1. The number of phenolic OH excluding ortho intramolecular Hbond substituents is 1. The van der Waals surface area contributed by atoms with Gasteiger partial charge in [0.05, 0.1) is 6.54 Å². The lowest BCUT2D eigenvalue weighted by Crippen LogP contribution is -2.42. The molecule has 0 radical (unpaired) electrons. The van der Waals surface area contributed by atoms with E-state index >= 15 is 0 Å². The van der Waals surface area contributed by atoms with Gasteiger partial charge in [-0.3, -0.25) is 0 Å². The maximum absolute atomic E-state index is 13.3. The zero-order chi connectivity index (χ0) is 15.9. The lowest BCUT2D eigenvalue weighted by atomic mass is 10.2. The summed E-state index contributed by atoms with van der Waals surface area (Å²) in [6, 6.07) is 4.82. The van der Waals surface area contributed by atoms with Crippen LogP contribution in [0.4, 0.5) is 4.39 Å². The maximum Gasteiger partial charge on any atom is 0.191 e.